The van der Waals surface area contributed by atoms with Crippen molar-refractivity contribution in [2.24, 2.45) is 0 Å². The van der Waals surface area contributed by atoms with Crippen LogP contribution in [0.1, 0.15) is 0 Å². The lowest BCUT2D eigenvalue weighted by Crippen LogP contribution is -1.94. The molecule has 6 rings (SSSR count). The first-order chi connectivity index (χ1) is 17.9. The lowest BCUT2D eigenvalue weighted by molar-refractivity contribution is 0.865. The Kier molecular flexibility index (Phi) is 7.31. The largest absolute Gasteiger partial charge is 0.139 e. The second-order valence-electron chi connectivity index (χ2n) is 8.19. The molecule has 172 valence electrons. The van der Waals surface area contributed by atoms with Crippen LogP contribution in [-0.2, 0) is 0 Å². The maximum atomic E-state index is 3.42. The van der Waals surface area contributed by atoms with Gasteiger partial charge in [0.1, 0.15) is 0 Å². The van der Waals surface area contributed by atoms with Crippen molar-refractivity contribution in [1.29, 1.82) is 0 Å². The third-order valence-corrected chi connectivity index (χ3v) is 5.91. The molecule has 0 aliphatic carbocycles. The van der Waals surface area contributed by atoms with Crippen LogP contribution in [0.4, 0.5) is 0 Å². The zero-order chi connectivity index (χ0) is 24.4. The van der Waals surface area contributed by atoms with E-state index in [1.165, 1.54) is 44.5 Å². The van der Waals surface area contributed by atoms with Gasteiger partial charge in [0.2, 0.25) is 0 Å². The summed E-state index contributed by atoms with van der Waals surface area (Å²) in [6.45, 7) is 0. The highest BCUT2D eigenvalue weighted by atomic mass is 15.3. The van der Waals surface area contributed by atoms with Crippen LogP contribution in [0.2, 0.25) is 0 Å². The molecule has 0 saturated carbocycles. The molecule has 1 heterocycles. The minimum absolute atomic E-state index is 1.23. The van der Waals surface area contributed by atoms with Gasteiger partial charge in [0.05, 0.1) is 12.4 Å². The number of rotatable bonds is 4. The zero-order valence-corrected chi connectivity index (χ0v) is 19.8. The molecule has 0 fully saturated rings. The molecule has 36 heavy (non-hydrogen) atoms. The van der Waals surface area contributed by atoms with Crippen molar-refractivity contribution < 1.29 is 0 Å². The predicted molar refractivity (Wildman–Crippen MR) is 148 cm³/mol. The average molecular weight is 464 g/mol. The summed E-state index contributed by atoms with van der Waals surface area (Å²) >= 11 is 0. The molecule has 0 spiro atoms. The summed E-state index contributed by atoms with van der Waals surface area (Å²) in [5.41, 5.74) is 9.96. The fraction of sp³-hybridized carbons (Fsp3) is 0. The van der Waals surface area contributed by atoms with Crippen molar-refractivity contribution in [2.45, 2.75) is 0 Å². The average Bonchev–Trinajstić information content (AvgIpc) is 2.99. The van der Waals surface area contributed by atoms with Crippen LogP contribution < -0.4 is 0 Å². The highest BCUT2D eigenvalue weighted by Gasteiger charge is 2.18. The summed E-state index contributed by atoms with van der Waals surface area (Å²) in [6.07, 6.45) is 3.15. The van der Waals surface area contributed by atoms with Crippen LogP contribution in [0.5, 0.6) is 0 Å². The number of benzene rings is 5. The highest BCUT2D eigenvalue weighted by Crippen LogP contribution is 2.45. The SMILES string of the molecule is c1ccc(-c2ccc(-c3ccccc3)c(-c3ccccc3)c2-c2ccccc2)cc1.c1cnnnc1. The van der Waals surface area contributed by atoms with E-state index in [9.17, 15) is 0 Å². The summed E-state index contributed by atoms with van der Waals surface area (Å²) in [5, 5.41) is 10.1. The van der Waals surface area contributed by atoms with Crippen molar-refractivity contribution in [2.75, 3.05) is 0 Å². The molecule has 0 radical (unpaired) electrons. The lowest BCUT2D eigenvalue weighted by atomic mass is 9.83. The van der Waals surface area contributed by atoms with Gasteiger partial charge in [-0.15, -0.1) is 10.2 Å². The van der Waals surface area contributed by atoms with Crippen molar-refractivity contribution in [3.05, 3.63) is 152 Å². The molecule has 0 amide bonds. The fourth-order valence-electron chi connectivity index (χ4n) is 4.33. The summed E-state index contributed by atoms with van der Waals surface area (Å²) in [5.74, 6) is 0. The van der Waals surface area contributed by atoms with Gasteiger partial charge in [-0.2, -0.15) is 0 Å². The van der Waals surface area contributed by atoms with Crippen LogP contribution in [0.25, 0.3) is 44.5 Å². The van der Waals surface area contributed by atoms with Crippen LogP contribution >= 0.6 is 0 Å². The first-order valence-corrected chi connectivity index (χ1v) is 11.9. The molecule has 0 atom stereocenters. The standard InChI is InChI=1S/C30H22.C3H3N3/c1-5-13-23(14-6-1)27-21-22-28(24-15-7-2-8-16-24)30(26-19-11-4-12-20-26)29(27)25-17-9-3-10-18-25;1-2-4-6-5-3-1/h1-22H;1-3H. The van der Waals surface area contributed by atoms with Crippen LogP contribution in [0.15, 0.2) is 152 Å². The maximum absolute atomic E-state index is 3.42. The minimum Gasteiger partial charge on any atom is -0.139 e. The Balaban J connectivity index is 0.000000391. The van der Waals surface area contributed by atoms with Gasteiger partial charge in [0, 0.05) is 0 Å². The smallest absolute Gasteiger partial charge is 0.0529 e. The summed E-state index contributed by atoms with van der Waals surface area (Å²) in [4.78, 5) is 0. The quantitative estimate of drug-likeness (QED) is 0.264. The Morgan fingerprint density at radius 1 is 0.306 bits per heavy atom. The van der Waals surface area contributed by atoms with Crippen LogP contribution in [-0.4, -0.2) is 15.4 Å². The highest BCUT2D eigenvalue weighted by molar-refractivity contribution is 6.01. The molecule has 0 unspecified atom stereocenters. The zero-order valence-electron chi connectivity index (χ0n) is 19.8. The van der Waals surface area contributed by atoms with Gasteiger partial charge >= 0.3 is 0 Å². The van der Waals surface area contributed by atoms with Gasteiger partial charge in [0.15, 0.2) is 0 Å². The molecule has 3 nitrogen and oxygen atoms in total. The van der Waals surface area contributed by atoms with E-state index in [2.05, 4.69) is 149 Å². The molecular weight excluding hydrogens is 438 g/mol. The van der Waals surface area contributed by atoms with E-state index >= 15 is 0 Å². The van der Waals surface area contributed by atoms with Crippen LogP contribution in [0, 0.1) is 0 Å². The molecule has 5 aromatic carbocycles. The molecule has 1 aromatic heterocycles. The van der Waals surface area contributed by atoms with E-state index < -0.39 is 0 Å². The van der Waals surface area contributed by atoms with E-state index in [-0.39, 0.29) is 0 Å². The summed E-state index contributed by atoms with van der Waals surface area (Å²) in [7, 11) is 0. The van der Waals surface area contributed by atoms with Gasteiger partial charge in [-0.3, -0.25) is 0 Å². The topological polar surface area (TPSA) is 38.7 Å². The van der Waals surface area contributed by atoms with Crippen molar-refractivity contribution in [3.63, 3.8) is 0 Å². The minimum atomic E-state index is 1.23. The molecule has 0 bridgehead atoms. The molecular formula is C33H25N3. The third-order valence-electron chi connectivity index (χ3n) is 5.91. The molecule has 0 aliphatic heterocycles. The fourth-order valence-corrected chi connectivity index (χ4v) is 4.33. The number of hydrogen-bond acceptors (Lipinski definition) is 3. The molecule has 0 saturated heterocycles. The van der Waals surface area contributed by atoms with Crippen molar-refractivity contribution >= 4 is 0 Å². The van der Waals surface area contributed by atoms with Gasteiger partial charge < -0.3 is 0 Å². The molecule has 6 aromatic rings. The van der Waals surface area contributed by atoms with E-state index in [4.69, 9.17) is 0 Å². The monoisotopic (exact) mass is 463 g/mol. The normalized spacial score (nSPS) is 10.2. The van der Waals surface area contributed by atoms with E-state index in [0.29, 0.717) is 0 Å². The van der Waals surface area contributed by atoms with Crippen molar-refractivity contribution in [3.8, 4) is 44.5 Å². The predicted octanol–water partition coefficient (Wildman–Crippen LogP) is 8.23. The number of hydrogen-bond donors (Lipinski definition) is 0. The molecule has 0 aliphatic rings. The maximum Gasteiger partial charge on any atom is 0.0529 e. The second-order valence-corrected chi connectivity index (χ2v) is 8.19. The van der Waals surface area contributed by atoms with Gasteiger partial charge in [-0.25, -0.2) is 0 Å². The number of aromatic nitrogens is 3. The Morgan fingerprint density at radius 3 is 0.917 bits per heavy atom. The van der Waals surface area contributed by atoms with E-state index in [1.54, 1.807) is 18.5 Å². The van der Waals surface area contributed by atoms with Gasteiger partial charge in [0.25, 0.3) is 0 Å². The van der Waals surface area contributed by atoms with Crippen molar-refractivity contribution in [1.82, 2.24) is 15.4 Å². The molecule has 3 heteroatoms. The number of nitrogens with zero attached hydrogens (tertiary/aromatic N) is 3. The van der Waals surface area contributed by atoms with E-state index in [1.807, 2.05) is 0 Å². The van der Waals surface area contributed by atoms with Crippen LogP contribution in [0.3, 0.4) is 0 Å². The summed E-state index contributed by atoms with van der Waals surface area (Å²) in [6, 6.07) is 49.1. The van der Waals surface area contributed by atoms with E-state index in [0.717, 1.165) is 0 Å². The first-order valence-electron chi connectivity index (χ1n) is 11.9. The second kappa shape index (κ2) is 11.5. The van der Waals surface area contributed by atoms with Gasteiger partial charge in [-0.1, -0.05) is 133 Å². The first kappa shape index (κ1) is 22.9. The lowest BCUT2D eigenvalue weighted by Gasteiger charge is -2.20. The Labute approximate surface area is 211 Å². The Hall–Kier alpha value is -4.89. The summed E-state index contributed by atoms with van der Waals surface area (Å²) < 4.78 is 0. The Bertz CT molecular complexity index is 1360. The Morgan fingerprint density at radius 2 is 0.639 bits per heavy atom. The third kappa shape index (κ3) is 5.26. The molecule has 0 N–H and O–H groups in total. The van der Waals surface area contributed by atoms with Gasteiger partial charge in [-0.05, 0) is 55.8 Å².